The summed E-state index contributed by atoms with van der Waals surface area (Å²) in [6.07, 6.45) is 3.42. The molecule has 0 aliphatic rings. The Kier molecular flexibility index (Phi) is 5.12. The number of pyridine rings is 1. The van der Waals surface area contributed by atoms with E-state index in [9.17, 15) is 19.8 Å². The van der Waals surface area contributed by atoms with Crippen LogP contribution in [-0.4, -0.2) is 15.2 Å². The molecule has 140 valence electrons. The molecular weight excluding hydrogens is 350 g/mol. The van der Waals surface area contributed by atoms with Crippen LogP contribution in [0.2, 0.25) is 0 Å². The molecule has 0 saturated heterocycles. The van der Waals surface area contributed by atoms with Gasteiger partial charge in [0.1, 0.15) is 23.0 Å². The van der Waals surface area contributed by atoms with Gasteiger partial charge < -0.3 is 19.0 Å². The first-order chi connectivity index (χ1) is 12.8. The van der Waals surface area contributed by atoms with E-state index >= 15 is 0 Å². The van der Waals surface area contributed by atoms with Gasteiger partial charge in [-0.25, -0.2) is 9.59 Å². The average Bonchev–Trinajstić information content (AvgIpc) is 2.59. The zero-order valence-electron chi connectivity index (χ0n) is 14.9. The average molecular weight is 369 g/mol. The summed E-state index contributed by atoms with van der Waals surface area (Å²) < 4.78 is 10.2. The van der Waals surface area contributed by atoms with Gasteiger partial charge in [-0.3, -0.25) is 4.98 Å². The summed E-state index contributed by atoms with van der Waals surface area (Å²) in [7, 11) is 0. The second-order valence-corrected chi connectivity index (χ2v) is 6.40. The third-order valence-electron chi connectivity index (χ3n) is 4.38. The van der Waals surface area contributed by atoms with E-state index < -0.39 is 11.3 Å². The summed E-state index contributed by atoms with van der Waals surface area (Å²) in [4.78, 5) is 28.4. The molecule has 0 spiro atoms. The van der Waals surface area contributed by atoms with Crippen LogP contribution in [0, 0.1) is 13.8 Å². The van der Waals surface area contributed by atoms with Crippen LogP contribution in [-0.2, 0) is 12.8 Å². The smallest absolute Gasteiger partial charge is 0.342 e. The van der Waals surface area contributed by atoms with Crippen molar-refractivity contribution < 1.29 is 19.0 Å². The van der Waals surface area contributed by atoms with Gasteiger partial charge in [0.25, 0.3) is 0 Å². The summed E-state index contributed by atoms with van der Waals surface area (Å²) in [5.41, 5.74) is -0.251. The molecule has 0 fully saturated rings. The summed E-state index contributed by atoms with van der Waals surface area (Å²) in [6.45, 7) is 3.14. The molecule has 2 N–H and O–H groups in total. The van der Waals surface area contributed by atoms with Gasteiger partial charge in [-0.1, -0.05) is 0 Å². The molecule has 7 heteroatoms. The predicted molar refractivity (Wildman–Crippen MR) is 97.1 cm³/mol. The Bertz CT molecular complexity index is 1000. The van der Waals surface area contributed by atoms with Crippen LogP contribution in [0.4, 0.5) is 0 Å². The third kappa shape index (κ3) is 4.08. The molecule has 0 bridgehead atoms. The van der Waals surface area contributed by atoms with Gasteiger partial charge in [-0.05, 0) is 50.3 Å². The van der Waals surface area contributed by atoms with E-state index in [4.69, 9.17) is 8.83 Å². The van der Waals surface area contributed by atoms with Gasteiger partial charge in [-0.15, -0.1) is 0 Å². The summed E-state index contributed by atoms with van der Waals surface area (Å²) in [5.74, 6) is -0.107. The summed E-state index contributed by atoms with van der Waals surface area (Å²) >= 11 is 0. The molecule has 3 rings (SSSR count). The largest absolute Gasteiger partial charge is 0.507 e. The lowest BCUT2D eigenvalue weighted by Gasteiger charge is -2.17. The lowest BCUT2D eigenvalue weighted by Crippen LogP contribution is -2.18. The van der Waals surface area contributed by atoms with Gasteiger partial charge in [-0.2, -0.15) is 0 Å². The van der Waals surface area contributed by atoms with E-state index in [0.717, 1.165) is 5.56 Å². The highest BCUT2D eigenvalue weighted by atomic mass is 16.4. The van der Waals surface area contributed by atoms with Crippen molar-refractivity contribution in [2.45, 2.75) is 32.6 Å². The number of aromatic nitrogens is 1. The molecule has 0 atom stereocenters. The zero-order chi connectivity index (χ0) is 19.6. The number of nitrogens with zero attached hydrogens (tertiary/aromatic N) is 1. The highest BCUT2D eigenvalue weighted by Gasteiger charge is 2.22. The lowest BCUT2D eigenvalue weighted by molar-refractivity contribution is 0.410. The quantitative estimate of drug-likeness (QED) is 0.710. The highest BCUT2D eigenvalue weighted by molar-refractivity contribution is 5.35. The molecule has 0 amide bonds. The summed E-state index contributed by atoms with van der Waals surface area (Å²) in [5, 5.41) is 20.4. The first-order valence-electron chi connectivity index (χ1n) is 8.40. The second-order valence-electron chi connectivity index (χ2n) is 6.40. The number of aromatic hydroxyl groups is 2. The second kappa shape index (κ2) is 7.49. The van der Waals surface area contributed by atoms with E-state index in [-0.39, 0.29) is 41.4 Å². The van der Waals surface area contributed by atoms with Crippen molar-refractivity contribution in [1.82, 2.24) is 4.98 Å². The number of hydrogen-bond acceptors (Lipinski definition) is 7. The van der Waals surface area contributed by atoms with E-state index in [1.807, 2.05) is 0 Å². The van der Waals surface area contributed by atoms with Crippen LogP contribution < -0.4 is 11.3 Å². The minimum Gasteiger partial charge on any atom is -0.507 e. The molecule has 0 radical (unpaired) electrons. The Balaban J connectivity index is 2.04. The molecular formula is C20H19NO6. The number of rotatable bonds is 5. The highest BCUT2D eigenvalue weighted by Crippen LogP contribution is 2.29. The molecule has 27 heavy (non-hydrogen) atoms. The van der Waals surface area contributed by atoms with Crippen LogP contribution in [0.25, 0.3) is 0 Å². The Hall–Kier alpha value is -3.35. The van der Waals surface area contributed by atoms with Gasteiger partial charge in [0, 0.05) is 24.5 Å². The van der Waals surface area contributed by atoms with E-state index in [1.165, 1.54) is 12.1 Å². The number of aryl methyl sites for hydroxylation is 2. The maximum Gasteiger partial charge on any atom is 0.342 e. The Morgan fingerprint density at radius 1 is 0.889 bits per heavy atom. The Morgan fingerprint density at radius 2 is 1.33 bits per heavy atom. The number of hydrogen-bond donors (Lipinski definition) is 2. The first kappa shape index (κ1) is 18.4. The first-order valence-corrected chi connectivity index (χ1v) is 8.40. The fraction of sp³-hybridized carbons (Fsp3) is 0.250. The molecule has 0 aliphatic heterocycles. The van der Waals surface area contributed by atoms with Crippen molar-refractivity contribution in [3.63, 3.8) is 0 Å². The molecule has 3 aromatic rings. The molecule has 0 aromatic carbocycles. The van der Waals surface area contributed by atoms with Crippen molar-refractivity contribution >= 4 is 0 Å². The molecule has 0 saturated carbocycles. The van der Waals surface area contributed by atoms with Gasteiger partial charge in [0.15, 0.2) is 0 Å². The van der Waals surface area contributed by atoms with Crippen LogP contribution in [0.1, 0.15) is 34.1 Å². The van der Waals surface area contributed by atoms with E-state index in [1.54, 1.807) is 38.4 Å². The lowest BCUT2D eigenvalue weighted by atomic mass is 9.87. The van der Waals surface area contributed by atoms with Gasteiger partial charge in [0.05, 0.1) is 11.1 Å². The molecule has 7 nitrogen and oxygen atoms in total. The van der Waals surface area contributed by atoms with Gasteiger partial charge in [0.2, 0.25) is 0 Å². The SMILES string of the molecule is Cc1cc(O)c(CC(Cc2c(O)cc(C)oc2=O)c2ccncc2)c(=O)o1. The predicted octanol–water partition coefficient (Wildman–Crippen LogP) is 2.59. The molecule has 0 unspecified atom stereocenters. The molecule has 3 heterocycles. The maximum atomic E-state index is 12.2. The van der Waals surface area contributed by atoms with Crippen molar-refractivity contribution in [1.29, 1.82) is 0 Å². The van der Waals surface area contributed by atoms with Crippen LogP contribution in [0.15, 0.2) is 55.1 Å². The van der Waals surface area contributed by atoms with Crippen molar-refractivity contribution in [3.05, 3.63) is 85.7 Å². The Morgan fingerprint density at radius 3 is 1.74 bits per heavy atom. The van der Waals surface area contributed by atoms with Crippen molar-refractivity contribution in [2.75, 3.05) is 0 Å². The molecule has 0 aliphatic carbocycles. The van der Waals surface area contributed by atoms with E-state index in [2.05, 4.69) is 4.98 Å². The standard InChI is InChI=1S/C20H19NO6/c1-11-7-17(22)15(19(24)26-11)9-14(13-3-5-21-6-4-13)10-16-18(23)8-12(2)27-20(16)25/h3-8,14,22-23H,9-10H2,1-2H3. The monoisotopic (exact) mass is 369 g/mol. The van der Waals surface area contributed by atoms with E-state index in [0.29, 0.717) is 11.5 Å². The Labute approximate surface area is 154 Å². The minimum absolute atomic E-state index is 0.110. The normalized spacial score (nSPS) is 11.1. The summed E-state index contributed by atoms with van der Waals surface area (Å²) in [6, 6.07) is 6.25. The molecule has 3 aromatic heterocycles. The third-order valence-corrected chi connectivity index (χ3v) is 4.38. The fourth-order valence-electron chi connectivity index (χ4n) is 3.06. The zero-order valence-corrected chi connectivity index (χ0v) is 14.9. The van der Waals surface area contributed by atoms with Crippen LogP contribution >= 0.6 is 0 Å². The van der Waals surface area contributed by atoms with Crippen LogP contribution in [0.5, 0.6) is 11.5 Å². The van der Waals surface area contributed by atoms with Crippen molar-refractivity contribution in [2.24, 2.45) is 0 Å². The minimum atomic E-state index is -0.633. The topological polar surface area (TPSA) is 114 Å². The maximum absolute atomic E-state index is 12.2. The fourth-order valence-corrected chi connectivity index (χ4v) is 3.06. The van der Waals surface area contributed by atoms with Crippen molar-refractivity contribution in [3.8, 4) is 11.5 Å². The van der Waals surface area contributed by atoms with Crippen LogP contribution in [0.3, 0.4) is 0 Å². The van der Waals surface area contributed by atoms with Gasteiger partial charge >= 0.3 is 11.3 Å².